The summed E-state index contributed by atoms with van der Waals surface area (Å²) in [5.74, 6) is 0. The molecular weight excluding hydrogens is 343 g/mol. The Labute approximate surface area is 159 Å². The number of rotatable bonds is 0. The number of hydrogen-bond donors (Lipinski definition) is 0. The fourth-order valence-electron chi connectivity index (χ4n) is 4.27. The van der Waals surface area contributed by atoms with E-state index in [1.54, 1.807) is 0 Å². The lowest BCUT2D eigenvalue weighted by Gasteiger charge is -2.49. The van der Waals surface area contributed by atoms with Crippen molar-refractivity contribution < 1.29 is 0 Å². The van der Waals surface area contributed by atoms with Crippen LogP contribution in [0.3, 0.4) is 0 Å². The van der Waals surface area contributed by atoms with Crippen molar-refractivity contribution in [3.8, 4) is 0 Å². The smallest absolute Gasteiger partial charge is 0.177 e. The topological polar surface area (TPSA) is 13.0 Å². The van der Waals surface area contributed by atoms with Gasteiger partial charge in [0.05, 0.1) is 0 Å². The van der Waals surface area contributed by atoms with Crippen LogP contribution in [0.25, 0.3) is 0 Å². The second-order valence-electron chi connectivity index (χ2n) is 9.33. The summed E-state index contributed by atoms with van der Waals surface area (Å²) in [6.07, 6.45) is 0. The summed E-state index contributed by atoms with van der Waals surface area (Å²) in [7, 11) is 4.39. The molecule has 0 saturated carbocycles. The van der Waals surface area contributed by atoms with Gasteiger partial charge in [-0.05, 0) is 19.5 Å². The van der Waals surface area contributed by atoms with E-state index < -0.39 is 4.46 Å². The SMILES string of the molecule is CN1CCN2CCN(CCN(C)CC(C)(C)C2(Cl)Cl)CC(C)(C)C1. The van der Waals surface area contributed by atoms with Crippen molar-refractivity contribution in [2.45, 2.75) is 32.2 Å². The van der Waals surface area contributed by atoms with Gasteiger partial charge in [-0.2, -0.15) is 0 Å². The first-order chi connectivity index (χ1) is 10.9. The molecule has 2 rings (SSSR count). The molecule has 0 amide bonds. The van der Waals surface area contributed by atoms with Crippen molar-refractivity contribution in [2.75, 3.05) is 73.0 Å². The molecule has 24 heavy (non-hydrogen) atoms. The van der Waals surface area contributed by atoms with E-state index >= 15 is 0 Å². The lowest BCUT2D eigenvalue weighted by atomic mass is 9.89. The maximum absolute atomic E-state index is 6.97. The van der Waals surface area contributed by atoms with Crippen molar-refractivity contribution in [3.05, 3.63) is 0 Å². The minimum atomic E-state index is -0.861. The van der Waals surface area contributed by atoms with Crippen LogP contribution >= 0.6 is 23.2 Å². The highest BCUT2D eigenvalue weighted by Crippen LogP contribution is 2.44. The number of nitrogens with zero attached hydrogens (tertiary/aromatic N) is 4. The minimum Gasteiger partial charge on any atom is -0.305 e. The summed E-state index contributed by atoms with van der Waals surface area (Å²) < 4.78 is -0.861. The predicted molar refractivity (Wildman–Crippen MR) is 105 cm³/mol. The summed E-state index contributed by atoms with van der Waals surface area (Å²) in [5.41, 5.74) is 0.0902. The van der Waals surface area contributed by atoms with Gasteiger partial charge in [0.25, 0.3) is 0 Å². The molecule has 2 aliphatic rings. The highest BCUT2D eigenvalue weighted by molar-refractivity contribution is 6.48. The van der Waals surface area contributed by atoms with Crippen LogP contribution in [0, 0.1) is 10.8 Å². The fraction of sp³-hybridized carbons (Fsp3) is 1.00. The van der Waals surface area contributed by atoms with Gasteiger partial charge in [0.1, 0.15) is 0 Å². The molecule has 2 aliphatic heterocycles. The normalized spacial score (nSPS) is 35.5. The predicted octanol–water partition coefficient (Wildman–Crippen LogP) is 2.67. The van der Waals surface area contributed by atoms with Gasteiger partial charge in [0, 0.05) is 64.3 Å². The molecule has 0 spiro atoms. The lowest BCUT2D eigenvalue weighted by molar-refractivity contribution is 0.0266. The number of likely N-dealkylation sites (N-methyl/N-ethyl adjacent to an activating group) is 2. The molecular formula is C18H36Cl2N4. The molecule has 0 aliphatic carbocycles. The number of hydrogen-bond acceptors (Lipinski definition) is 4. The summed E-state index contributed by atoms with van der Waals surface area (Å²) in [6.45, 7) is 18.2. The van der Waals surface area contributed by atoms with Gasteiger partial charge in [-0.25, -0.2) is 0 Å². The van der Waals surface area contributed by atoms with Crippen LogP contribution in [0.15, 0.2) is 0 Å². The second kappa shape index (κ2) is 7.58. The highest BCUT2D eigenvalue weighted by Gasteiger charge is 2.47. The Morgan fingerprint density at radius 2 is 1.17 bits per heavy atom. The van der Waals surface area contributed by atoms with Crippen molar-refractivity contribution in [1.29, 1.82) is 0 Å². The van der Waals surface area contributed by atoms with Gasteiger partial charge in [-0.1, -0.05) is 50.9 Å². The molecule has 2 fully saturated rings. The molecule has 2 atom stereocenters. The molecule has 2 heterocycles. The van der Waals surface area contributed by atoms with Crippen LogP contribution < -0.4 is 0 Å². The monoisotopic (exact) mass is 378 g/mol. The van der Waals surface area contributed by atoms with Crippen molar-refractivity contribution >= 4 is 23.2 Å². The summed E-state index contributed by atoms with van der Waals surface area (Å²) in [5, 5.41) is 0. The standard InChI is InChI=1S/C18H36Cl2N4/c1-16(2)13-21(5)8-11-24-12-10-23(14-16)9-7-22(6)15-17(3,4)18(24,19)20/h7-15H2,1-6H3. The first kappa shape index (κ1) is 20.7. The molecule has 0 aromatic carbocycles. The van der Waals surface area contributed by atoms with Gasteiger partial charge >= 0.3 is 0 Å². The zero-order valence-corrected chi connectivity index (χ0v) is 17.9. The maximum atomic E-state index is 6.97. The Kier molecular flexibility index (Phi) is 6.54. The van der Waals surface area contributed by atoms with Crippen LogP contribution in [-0.2, 0) is 0 Å². The number of halogens is 2. The second-order valence-corrected chi connectivity index (χ2v) is 10.6. The Balaban J connectivity index is 2.31. The van der Waals surface area contributed by atoms with Gasteiger partial charge in [-0.15, -0.1) is 0 Å². The van der Waals surface area contributed by atoms with Gasteiger partial charge in [-0.3, -0.25) is 4.90 Å². The molecule has 0 aromatic rings. The Hall–Kier alpha value is 0.420. The summed E-state index contributed by atoms with van der Waals surface area (Å²) >= 11 is 13.9. The van der Waals surface area contributed by atoms with Crippen molar-refractivity contribution in [1.82, 2.24) is 19.6 Å². The van der Waals surface area contributed by atoms with Crippen LogP contribution in [-0.4, -0.2) is 97.1 Å². The van der Waals surface area contributed by atoms with Crippen molar-refractivity contribution in [3.63, 3.8) is 0 Å². The highest BCUT2D eigenvalue weighted by atomic mass is 35.5. The Morgan fingerprint density at radius 1 is 0.667 bits per heavy atom. The minimum absolute atomic E-state index is 0.199. The molecule has 0 aromatic heterocycles. The van der Waals surface area contributed by atoms with E-state index in [9.17, 15) is 0 Å². The van der Waals surface area contributed by atoms with Crippen LogP contribution in [0.5, 0.6) is 0 Å². The van der Waals surface area contributed by atoms with E-state index in [1.165, 1.54) is 0 Å². The average Bonchev–Trinajstić information content (AvgIpc) is 2.41. The molecule has 0 radical (unpaired) electrons. The third-order valence-electron chi connectivity index (χ3n) is 5.46. The average molecular weight is 379 g/mol. The summed E-state index contributed by atoms with van der Waals surface area (Å²) in [6, 6.07) is 0. The zero-order chi connectivity index (χ0) is 18.2. The lowest BCUT2D eigenvalue weighted by Crippen LogP contribution is -2.59. The van der Waals surface area contributed by atoms with Crippen LogP contribution in [0.4, 0.5) is 0 Å². The fourth-order valence-corrected chi connectivity index (χ4v) is 4.73. The zero-order valence-electron chi connectivity index (χ0n) is 16.4. The van der Waals surface area contributed by atoms with Crippen LogP contribution in [0.2, 0.25) is 0 Å². The van der Waals surface area contributed by atoms with Crippen LogP contribution in [0.1, 0.15) is 27.7 Å². The number of alkyl halides is 2. The largest absolute Gasteiger partial charge is 0.305 e. The molecule has 2 bridgehead atoms. The molecule has 2 saturated heterocycles. The third kappa shape index (κ3) is 4.99. The van der Waals surface area contributed by atoms with Gasteiger partial charge < -0.3 is 14.7 Å². The maximum Gasteiger partial charge on any atom is 0.177 e. The molecule has 4 nitrogen and oxygen atoms in total. The third-order valence-corrected chi connectivity index (χ3v) is 6.96. The first-order valence-corrected chi connectivity index (χ1v) is 9.91. The molecule has 6 heteroatoms. The van der Waals surface area contributed by atoms with E-state index in [0.717, 1.165) is 58.9 Å². The Bertz CT molecular complexity index is 425. The summed E-state index contributed by atoms with van der Waals surface area (Å²) in [4.78, 5) is 9.67. The van der Waals surface area contributed by atoms with E-state index in [2.05, 4.69) is 61.4 Å². The quantitative estimate of drug-likeness (QED) is 0.474. The molecule has 142 valence electrons. The van der Waals surface area contributed by atoms with E-state index in [-0.39, 0.29) is 10.8 Å². The van der Waals surface area contributed by atoms with E-state index in [4.69, 9.17) is 23.2 Å². The Morgan fingerprint density at radius 3 is 1.83 bits per heavy atom. The molecule has 2 unspecified atom stereocenters. The number of fused-ring (bicyclic) bond motifs is 3. The van der Waals surface area contributed by atoms with E-state index in [1.807, 2.05) is 0 Å². The van der Waals surface area contributed by atoms with Gasteiger partial charge in [0.2, 0.25) is 0 Å². The van der Waals surface area contributed by atoms with E-state index in [0.29, 0.717) is 0 Å². The molecule has 0 N–H and O–H groups in total. The first-order valence-electron chi connectivity index (χ1n) is 9.15. The van der Waals surface area contributed by atoms with Gasteiger partial charge in [0.15, 0.2) is 4.46 Å². The van der Waals surface area contributed by atoms with Crippen molar-refractivity contribution in [2.24, 2.45) is 10.8 Å².